The molecule has 0 amide bonds. The summed E-state index contributed by atoms with van der Waals surface area (Å²) in [6, 6.07) is 14.7. The summed E-state index contributed by atoms with van der Waals surface area (Å²) in [6.45, 7) is 2.46. The second-order valence-corrected chi connectivity index (χ2v) is 5.16. The van der Waals surface area contributed by atoms with Crippen molar-refractivity contribution in [2.75, 3.05) is 6.61 Å². The lowest BCUT2D eigenvalue weighted by atomic mass is 10.0. The number of benzene rings is 2. The van der Waals surface area contributed by atoms with Gasteiger partial charge in [0.1, 0.15) is 5.75 Å². The Morgan fingerprint density at radius 2 is 1.81 bits per heavy atom. The molecule has 0 saturated carbocycles. The number of nitriles is 1. The van der Waals surface area contributed by atoms with Gasteiger partial charge >= 0.3 is 0 Å². The Kier molecular flexibility index (Phi) is 5.27. The van der Waals surface area contributed by atoms with Crippen LogP contribution >= 0.6 is 23.2 Å². The zero-order chi connectivity index (χ0) is 15.2. The zero-order valence-electron chi connectivity index (χ0n) is 11.4. The smallest absolute Gasteiger partial charge is 0.126 e. The summed E-state index contributed by atoms with van der Waals surface area (Å²) in [5, 5.41) is 10.6. The predicted molar refractivity (Wildman–Crippen MR) is 87.6 cm³/mol. The van der Waals surface area contributed by atoms with Gasteiger partial charge in [-0.25, -0.2) is 0 Å². The van der Waals surface area contributed by atoms with Crippen molar-refractivity contribution < 1.29 is 4.74 Å². The van der Waals surface area contributed by atoms with Crippen LogP contribution in [-0.2, 0) is 0 Å². The molecule has 0 unspecified atom stereocenters. The maximum absolute atomic E-state index is 9.38. The van der Waals surface area contributed by atoms with Crippen LogP contribution in [-0.4, -0.2) is 6.61 Å². The molecule has 0 heterocycles. The summed E-state index contributed by atoms with van der Waals surface area (Å²) in [7, 11) is 0. The van der Waals surface area contributed by atoms with Gasteiger partial charge in [0.15, 0.2) is 0 Å². The van der Waals surface area contributed by atoms with Gasteiger partial charge in [0.2, 0.25) is 0 Å². The standard InChI is InChI=1S/C17H13Cl2NO/c1-2-21-17-8-7-16(19)10-13(17)9-14(11-20)12-3-5-15(18)6-4-12/h3-10H,2H2,1H3/b14-9-. The summed E-state index contributed by atoms with van der Waals surface area (Å²) in [4.78, 5) is 0. The zero-order valence-corrected chi connectivity index (χ0v) is 12.9. The third kappa shape index (κ3) is 4.01. The highest BCUT2D eigenvalue weighted by molar-refractivity contribution is 6.31. The van der Waals surface area contributed by atoms with Crippen molar-refractivity contribution in [2.24, 2.45) is 0 Å². The molecule has 0 bridgehead atoms. The van der Waals surface area contributed by atoms with E-state index in [-0.39, 0.29) is 0 Å². The molecule has 0 atom stereocenters. The van der Waals surface area contributed by atoms with Crippen LogP contribution < -0.4 is 4.74 Å². The Morgan fingerprint density at radius 3 is 2.43 bits per heavy atom. The molecule has 0 aliphatic carbocycles. The molecule has 106 valence electrons. The van der Waals surface area contributed by atoms with Crippen LogP contribution in [0.25, 0.3) is 11.6 Å². The van der Waals surface area contributed by atoms with Crippen molar-refractivity contribution in [1.82, 2.24) is 0 Å². The molecule has 2 nitrogen and oxygen atoms in total. The van der Waals surface area contributed by atoms with E-state index in [2.05, 4.69) is 6.07 Å². The highest BCUT2D eigenvalue weighted by Gasteiger charge is 2.06. The number of ether oxygens (including phenoxy) is 1. The van der Waals surface area contributed by atoms with Crippen LogP contribution in [0.5, 0.6) is 5.75 Å². The lowest BCUT2D eigenvalue weighted by Gasteiger charge is -2.08. The number of nitrogens with zero attached hydrogens (tertiary/aromatic N) is 1. The lowest BCUT2D eigenvalue weighted by Crippen LogP contribution is -1.94. The van der Waals surface area contributed by atoms with Gasteiger partial charge in [-0.15, -0.1) is 0 Å². The molecular weight excluding hydrogens is 305 g/mol. The average molecular weight is 318 g/mol. The summed E-state index contributed by atoms with van der Waals surface area (Å²) in [5.41, 5.74) is 2.09. The van der Waals surface area contributed by atoms with E-state index in [1.165, 1.54) is 0 Å². The Bertz CT molecular complexity index is 700. The van der Waals surface area contributed by atoms with Crippen molar-refractivity contribution in [3.05, 3.63) is 63.6 Å². The highest BCUT2D eigenvalue weighted by Crippen LogP contribution is 2.28. The van der Waals surface area contributed by atoms with E-state index >= 15 is 0 Å². The first kappa shape index (κ1) is 15.4. The number of allylic oxidation sites excluding steroid dienone is 1. The minimum atomic E-state index is 0.523. The average Bonchev–Trinajstić information content (AvgIpc) is 2.48. The fourth-order valence-corrected chi connectivity index (χ4v) is 2.19. The van der Waals surface area contributed by atoms with Gasteiger partial charge in [0, 0.05) is 15.6 Å². The molecule has 0 aliphatic rings. The van der Waals surface area contributed by atoms with Gasteiger partial charge in [0.25, 0.3) is 0 Å². The van der Waals surface area contributed by atoms with Crippen LogP contribution in [0.1, 0.15) is 18.1 Å². The Balaban J connectivity index is 2.47. The van der Waals surface area contributed by atoms with Gasteiger partial charge in [-0.2, -0.15) is 5.26 Å². The Labute approximate surface area is 134 Å². The van der Waals surface area contributed by atoms with E-state index in [0.717, 1.165) is 11.1 Å². The maximum atomic E-state index is 9.38. The van der Waals surface area contributed by atoms with E-state index in [1.54, 1.807) is 36.4 Å². The Hall–Kier alpha value is -1.95. The van der Waals surface area contributed by atoms with E-state index in [1.807, 2.05) is 19.1 Å². The number of hydrogen-bond donors (Lipinski definition) is 0. The molecule has 0 fully saturated rings. The van der Waals surface area contributed by atoms with E-state index in [4.69, 9.17) is 27.9 Å². The quantitative estimate of drug-likeness (QED) is 0.554. The highest BCUT2D eigenvalue weighted by atomic mass is 35.5. The third-order valence-corrected chi connectivity index (χ3v) is 3.33. The molecule has 2 rings (SSSR count). The lowest BCUT2D eigenvalue weighted by molar-refractivity contribution is 0.339. The first-order valence-electron chi connectivity index (χ1n) is 6.44. The van der Waals surface area contributed by atoms with E-state index in [0.29, 0.717) is 28.0 Å². The second kappa shape index (κ2) is 7.17. The molecule has 0 aliphatic heterocycles. The molecular formula is C17H13Cl2NO. The van der Waals surface area contributed by atoms with Gasteiger partial charge in [-0.05, 0) is 48.9 Å². The van der Waals surface area contributed by atoms with Crippen LogP contribution in [0.15, 0.2) is 42.5 Å². The molecule has 0 saturated heterocycles. The van der Waals surface area contributed by atoms with Crippen LogP contribution in [0.4, 0.5) is 0 Å². The summed E-state index contributed by atoms with van der Waals surface area (Å²) < 4.78 is 5.56. The maximum Gasteiger partial charge on any atom is 0.126 e. The fraction of sp³-hybridized carbons (Fsp3) is 0.118. The van der Waals surface area contributed by atoms with Crippen molar-refractivity contribution in [3.8, 4) is 11.8 Å². The Morgan fingerprint density at radius 1 is 1.14 bits per heavy atom. The number of hydrogen-bond acceptors (Lipinski definition) is 2. The number of rotatable bonds is 4. The summed E-state index contributed by atoms with van der Waals surface area (Å²) >= 11 is 11.9. The van der Waals surface area contributed by atoms with Gasteiger partial charge < -0.3 is 4.74 Å². The van der Waals surface area contributed by atoms with E-state index in [9.17, 15) is 5.26 Å². The molecule has 2 aromatic carbocycles. The second-order valence-electron chi connectivity index (χ2n) is 4.29. The van der Waals surface area contributed by atoms with Crippen molar-refractivity contribution >= 4 is 34.9 Å². The van der Waals surface area contributed by atoms with Crippen LogP contribution in [0, 0.1) is 11.3 Å². The van der Waals surface area contributed by atoms with Gasteiger partial charge in [-0.3, -0.25) is 0 Å². The molecule has 21 heavy (non-hydrogen) atoms. The van der Waals surface area contributed by atoms with Crippen molar-refractivity contribution in [1.29, 1.82) is 5.26 Å². The first-order valence-corrected chi connectivity index (χ1v) is 7.19. The fourth-order valence-electron chi connectivity index (χ4n) is 1.88. The molecule has 0 aromatic heterocycles. The minimum Gasteiger partial charge on any atom is -0.493 e. The first-order chi connectivity index (χ1) is 10.1. The largest absolute Gasteiger partial charge is 0.493 e. The summed E-state index contributed by atoms with van der Waals surface area (Å²) in [6.07, 6.45) is 1.76. The monoisotopic (exact) mass is 317 g/mol. The summed E-state index contributed by atoms with van der Waals surface area (Å²) in [5.74, 6) is 0.698. The number of halogens is 2. The molecule has 2 aromatic rings. The van der Waals surface area contributed by atoms with Gasteiger partial charge in [0.05, 0.1) is 18.2 Å². The molecule has 4 heteroatoms. The predicted octanol–water partition coefficient (Wildman–Crippen LogP) is 5.46. The SMILES string of the molecule is CCOc1ccc(Cl)cc1/C=C(/C#N)c1ccc(Cl)cc1. The normalized spacial score (nSPS) is 11.0. The van der Waals surface area contributed by atoms with Crippen LogP contribution in [0.3, 0.4) is 0 Å². The van der Waals surface area contributed by atoms with Crippen molar-refractivity contribution in [3.63, 3.8) is 0 Å². The van der Waals surface area contributed by atoms with E-state index < -0.39 is 0 Å². The minimum absolute atomic E-state index is 0.523. The molecule has 0 N–H and O–H groups in total. The molecule has 0 radical (unpaired) electrons. The van der Waals surface area contributed by atoms with Gasteiger partial charge in [-0.1, -0.05) is 35.3 Å². The van der Waals surface area contributed by atoms with Crippen molar-refractivity contribution in [2.45, 2.75) is 6.92 Å². The topological polar surface area (TPSA) is 33.0 Å². The molecule has 0 spiro atoms. The third-order valence-electron chi connectivity index (χ3n) is 2.85. The van der Waals surface area contributed by atoms with Crippen LogP contribution in [0.2, 0.25) is 10.0 Å².